The second-order valence-corrected chi connectivity index (χ2v) is 6.01. The predicted molar refractivity (Wildman–Crippen MR) is 107 cm³/mol. The molecule has 0 atom stereocenters. The standard InChI is InChI=1S/C22H21N3O2/c1-3-25(19-12-8-5-9-13-19)21(26)17-14-15-23-20(16-17)22(27)24(2)18-10-6-4-7-11-18/h4-16H,3H2,1-2H3. The van der Waals surface area contributed by atoms with Gasteiger partial charge in [0.15, 0.2) is 0 Å². The maximum atomic E-state index is 13.0. The Kier molecular flexibility index (Phi) is 5.61. The fourth-order valence-electron chi connectivity index (χ4n) is 2.83. The van der Waals surface area contributed by atoms with Gasteiger partial charge in [0.25, 0.3) is 11.8 Å². The number of anilines is 2. The van der Waals surface area contributed by atoms with Crippen LogP contribution in [-0.2, 0) is 0 Å². The van der Waals surface area contributed by atoms with Gasteiger partial charge in [0.1, 0.15) is 5.69 Å². The number of para-hydroxylation sites is 2. The van der Waals surface area contributed by atoms with Gasteiger partial charge in [-0.3, -0.25) is 14.6 Å². The van der Waals surface area contributed by atoms with Gasteiger partial charge in [0.2, 0.25) is 0 Å². The molecule has 0 aliphatic heterocycles. The van der Waals surface area contributed by atoms with E-state index in [1.54, 1.807) is 24.1 Å². The van der Waals surface area contributed by atoms with E-state index in [0.717, 1.165) is 11.4 Å². The van der Waals surface area contributed by atoms with Crippen molar-refractivity contribution in [1.29, 1.82) is 0 Å². The summed E-state index contributed by atoms with van der Waals surface area (Å²) in [7, 11) is 1.69. The molecule has 2 aromatic carbocycles. The van der Waals surface area contributed by atoms with Gasteiger partial charge in [-0.15, -0.1) is 0 Å². The SMILES string of the molecule is CCN(C(=O)c1ccnc(C(=O)N(C)c2ccccc2)c1)c1ccccc1. The number of benzene rings is 2. The summed E-state index contributed by atoms with van der Waals surface area (Å²) in [4.78, 5) is 33.1. The molecule has 1 aromatic heterocycles. The molecule has 5 heteroatoms. The quantitative estimate of drug-likeness (QED) is 0.691. The van der Waals surface area contributed by atoms with Crippen LogP contribution < -0.4 is 9.80 Å². The van der Waals surface area contributed by atoms with E-state index in [1.165, 1.54) is 11.1 Å². The summed E-state index contributed by atoms with van der Waals surface area (Å²) < 4.78 is 0. The van der Waals surface area contributed by atoms with Gasteiger partial charge >= 0.3 is 0 Å². The van der Waals surface area contributed by atoms with Crippen molar-refractivity contribution in [3.63, 3.8) is 0 Å². The van der Waals surface area contributed by atoms with Gasteiger partial charge in [-0.2, -0.15) is 0 Å². The highest BCUT2D eigenvalue weighted by molar-refractivity contribution is 6.09. The molecule has 0 fully saturated rings. The molecule has 2 amide bonds. The van der Waals surface area contributed by atoms with Crippen molar-refractivity contribution in [1.82, 2.24) is 4.98 Å². The van der Waals surface area contributed by atoms with Crippen LogP contribution in [0.2, 0.25) is 0 Å². The number of rotatable bonds is 5. The maximum absolute atomic E-state index is 13.0. The normalized spacial score (nSPS) is 10.3. The number of carbonyl (C=O) groups excluding carboxylic acids is 2. The van der Waals surface area contributed by atoms with Crippen LogP contribution >= 0.6 is 0 Å². The lowest BCUT2D eigenvalue weighted by atomic mass is 10.1. The Morgan fingerprint density at radius 2 is 1.44 bits per heavy atom. The van der Waals surface area contributed by atoms with E-state index in [-0.39, 0.29) is 17.5 Å². The van der Waals surface area contributed by atoms with Crippen molar-refractivity contribution in [2.75, 3.05) is 23.4 Å². The first-order chi connectivity index (χ1) is 13.1. The summed E-state index contributed by atoms with van der Waals surface area (Å²) in [5.74, 6) is -0.430. The van der Waals surface area contributed by atoms with Crippen LogP contribution in [0.15, 0.2) is 79.0 Å². The average Bonchev–Trinajstić information content (AvgIpc) is 2.74. The molecule has 3 rings (SSSR count). The highest BCUT2D eigenvalue weighted by atomic mass is 16.2. The lowest BCUT2D eigenvalue weighted by molar-refractivity contribution is 0.0988. The molecule has 0 spiro atoms. The maximum Gasteiger partial charge on any atom is 0.276 e. The topological polar surface area (TPSA) is 53.5 Å². The lowest BCUT2D eigenvalue weighted by Gasteiger charge is -2.21. The molecule has 0 aliphatic carbocycles. The zero-order valence-corrected chi connectivity index (χ0v) is 15.4. The average molecular weight is 359 g/mol. The second-order valence-electron chi connectivity index (χ2n) is 6.01. The van der Waals surface area contributed by atoms with Gasteiger partial charge in [0.05, 0.1) is 0 Å². The van der Waals surface area contributed by atoms with Crippen molar-refractivity contribution in [3.8, 4) is 0 Å². The third-order valence-corrected chi connectivity index (χ3v) is 4.30. The summed E-state index contributed by atoms with van der Waals surface area (Å²) in [6.45, 7) is 2.44. The minimum atomic E-state index is -0.265. The zero-order chi connectivity index (χ0) is 19.2. The Bertz CT molecular complexity index is 927. The van der Waals surface area contributed by atoms with Crippen LogP contribution in [0.3, 0.4) is 0 Å². The number of hydrogen-bond donors (Lipinski definition) is 0. The van der Waals surface area contributed by atoms with Gasteiger partial charge in [-0.05, 0) is 43.3 Å². The first-order valence-electron chi connectivity index (χ1n) is 8.78. The monoisotopic (exact) mass is 359 g/mol. The molecule has 0 bridgehead atoms. The van der Waals surface area contributed by atoms with Gasteiger partial charge in [-0.1, -0.05) is 36.4 Å². The minimum Gasteiger partial charge on any atom is -0.310 e. The summed E-state index contributed by atoms with van der Waals surface area (Å²) in [5, 5.41) is 0. The largest absolute Gasteiger partial charge is 0.310 e. The van der Waals surface area contributed by atoms with Crippen molar-refractivity contribution < 1.29 is 9.59 Å². The smallest absolute Gasteiger partial charge is 0.276 e. The Labute approximate surface area is 158 Å². The molecule has 1 heterocycles. The van der Waals surface area contributed by atoms with Crippen molar-refractivity contribution in [3.05, 3.63) is 90.3 Å². The zero-order valence-electron chi connectivity index (χ0n) is 15.4. The molecular weight excluding hydrogens is 338 g/mol. The predicted octanol–water partition coefficient (Wildman–Crippen LogP) is 4.02. The molecule has 0 unspecified atom stereocenters. The fraction of sp³-hybridized carbons (Fsp3) is 0.136. The van der Waals surface area contributed by atoms with Crippen LogP contribution in [-0.4, -0.2) is 30.4 Å². The summed E-state index contributed by atoms with van der Waals surface area (Å²) >= 11 is 0. The second kappa shape index (κ2) is 8.27. The van der Waals surface area contributed by atoms with Gasteiger partial charge in [0, 0.05) is 36.7 Å². The Balaban J connectivity index is 1.86. The van der Waals surface area contributed by atoms with Crippen LogP contribution in [0.5, 0.6) is 0 Å². The number of amides is 2. The van der Waals surface area contributed by atoms with E-state index in [4.69, 9.17) is 0 Å². The molecule has 5 nitrogen and oxygen atoms in total. The number of nitrogens with zero attached hydrogens (tertiary/aromatic N) is 3. The summed E-state index contributed by atoms with van der Waals surface area (Å²) in [5.41, 5.74) is 2.24. The third kappa shape index (κ3) is 4.03. The third-order valence-electron chi connectivity index (χ3n) is 4.30. The first kappa shape index (κ1) is 18.3. The number of pyridine rings is 1. The lowest BCUT2D eigenvalue weighted by Crippen LogP contribution is -2.31. The molecular formula is C22H21N3O2. The Morgan fingerprint density at radius 3 is 2.04 bits per heavy atom. The van der Waals surface area contributed by atoms with E-state index in [0.29, 0.717) is 12.1 Å². The number of aromatic nitrogens is 1. The molecule has 0 saturated carbocycles. The molecule has 27 heavy (non-hydrogen) atoms. The van der Waals surface area contributed by atoms with E-state index in [2.05, 4.69) is 4.98 Å². The molecule has 0 aliphatic rings. The minimum absolute atomic E-state index is 0.164. The molecule has 0 N–H and O–H groups in total. The van der Waals surface area contributed by atoms with E-state index in [1.807, 2.05) is 67.6 Å². The van der Waals surface area contributed by atoms with Crippen LogP contribution in [0.1, 0.15) is 27.8 Å². The first-order valence-corrected chi connectivity index (χ1v) is 8.78. The summed E-state index contributed by atoms with van der Waals surface area (Å²) in [6.07, 6.45) is 1.50. The van der Waals surface area contributed by atoms with Gasteiger partial charge in [-0.25, -0.2) is 0 Å². The Hall–Kier alpha value is -3.47. The van der Waals surface area contributed by atoms with Crippen molar-refractivity contribution in [2.24, 2.45) is 0 Å². The fourth-order valence-corrected chi connectivity index (χ4v) is 2.83. The van der Waals surface area contributed by atoms with Gasteiger partial charge < -0.3 is 9.80 Å². The van der Waals surface area contributed by atoms with E-state index < -0.39 is 0 Å². The van der Waals surface area contributed by atoms with Crippen LogP contribution in [0.4, 0.5) is 11.4 Å². The van der Waals surface area contributed by atoms with E-state index >= 15 is 0 Å². The molecule has 3 aromatic rings. The van der Waals surface area contributed by atoms with E-state index in [9.17, 15) is 9.59 Å². The van der Waals surface area contributed by atoms with Crippen LogP contribution in [0, 0.1) is 0 Å². The number of hydrogen-bond acceptors (Lipinski definition) is 3. The summed E-state index contributed by atoms with van der Waals surface area (Å²) in [6, 6.07) is 22.0. The highest BCUT2D eigenvalue weighted by Gasteiger charge is 2.20. The highest BCUT2D eigenvalue weighted by Crippen LogP contribution is 2.18. The molecule has 0 saturated heterocycles. The Morgan fingerprint density at radius 1 is 0.852 bits per heavy atom. The van der Waals surface area contributed by atoms with Crippen LogP contribution in [0.25, 0.3) is 0 Å². The number of carbonyl (C=O) groups is 2. The molecule has 0 radical (unpaired) electrons. The van der Waals surface area contributed by atoms with Crippen molar-refractivity contribution >= 4 is 23.2 Å². The molecule has 136 valence electrons. The van der Waals surface area contributed by atoms with Crippen molar-refractivity contribution in [2.45, 2.75) is 6.92 Å².